The number of carbonyl (C=O) groups is 3. The first-order valence-electron chi connectivity index (χ1n) is 12.5. The molecule has 0 saturated carbocycles. The van der Waals surface area contributed by atoms with Crippen LogP contribution in [0.3, 0.4) is 0 Å². The van der Waals surface area contributed by atoms with E-state index in [1.165, 1.54) is 32.4 Å². The Morgan fingerprint density at radius 3 is 2.13 bits per heavy atom. The second kappa shape index (κ2) is 10.6. The van der Waals surface area contributed by atoms with Gasteiger partial charge in [0.25, 0.3) is 0 Å². The van der Waals surface area contributed by atoms with Crippen LogP contribution in [-0.2, 0) is 23.9 Å². The van der Waals surface area contributed by atoms with Crippen molar-refractivity contribution in [3.63, 3.8) is 0 Å². The number of anilines is 1. The fraction of sp³-hybridized carbons (Fsp3) is 0.194. The molecular formula is C31H27FN2O5. The SMILES string of the molecule is COC(=O)C1=C(N)N(c2ccccc2)C2=C(C(=O)[C@H](C(=O)OC)[C@H](c3ccccc3)C2)[C@H]1c1ccccc1F. The molecule has 0 radical (unpaired) electrons. The fourth-order valence-electron chi connectivity index (χ4n) is 5.64. The number of Topliss-reactive ketones (excluding diaryl/α,β-unsaturated/α-hetero) is 1. The average molecular weight is 527 g/mol. The summed E-state index contributed by atoms with van der Waals surface area (Å²) in [5, 5.41) is 0. The van der Waals surface area contributed by atoms with Crippen molar-refractivity contribution < 1.29 is 28.2 Å². The Kier molecular flexibility index (Phi) is 7.02. The van der Waals surface area contributed by atoms with Crippen molar-refractivity contribution in [3.05, 3.63) is 125 Å². The average Bonchev–Trinajstić information content (AvgIpc) is 2.97. The topological polar surface area (TPSA) is 98.9 Å². The van der Waals surface area contributed by atoms with Crippen LogP contribution < -0.4 is 10.6 Å². The summed E-state index contributed by atoms with van der Waals surface area (Å²) in [6.07, 6.45) is 0.208. The third kappa shape index (κ3) is 4.37. The van der Waals surface area contributed by atoms with Crippen LogP contribution in [0.4, 0.5) is 10.1 Å². The zero-order valence-corrected chi connectivity index (χ0v) is 21.5. The minimum absolute atomic E-state index is 0.0242. The molecule has 198 valence electrons. The van der Waals surface area contributed by atoms with Crippen molar-refractivity contribution in [1.29, 1.82) is 0 Å². The van der Waals surface area contributed by atoms with Gasteiger partial charge in [0.2, 0.25) is 0 Å². The third-order valence-corrected chi connectivity index (χ3v) is 7.36. The van der Waals surface area contributed by atoms with E-state index in [4.69, 9.17) is 15.2 Å². The normalized spacial score (nSPS) is 20.9. The molecule has 39 heavy (non-hydrogen) atoms. The van der Waals surface area contributed by atoms with Gasteiger partial charge in [-0.05, 0) is 30.2 Å². The summed E-state index contributed by atoms with van der Waals surface area (Å²) < 4.78 is 25.5. The van der Waals surface area contributed by atoms with Crippen LogP contribution in [0.15, 0.2) is 108 Å². The summed E-state index contributed by atoms with van der Waals surface area (Å²) in [6.45, 7) is 0. The molecule has 3 aromatic carbocycles. The Balaban J connectivity index is 1.84. The van der Waals surface area contributed by atoms with Crippen LogP contribution in [0.1, 0.15) is 29.4 Å². The lowest BCUT2D eigenvalue weighted by atomic mass is 9.67. The summed E-state index contributed by atoms with van der Waals surface area (Å²) in [6, 6.07) is 24.1. The van der Waals surface area contributed by atoms with Gasteiger partial charge in [-0.2, -0.15) is 0 Å². The van der Waals surface area contributed by atoms with Gasteiger partial charge in [0, 0.05) is 28.4 Å². The first kappa shape index (κ1) is 25.9. The lowest BCUT2D eigenvalue weighted by molar-refractivity contribution is -0.150. The standard InChI is InChI=1S/C31H27FN2O5/c1-38-30(36)25-21(18-11-5-3-6-12-18)17-23-26(28(25)35)24(20-15-9-10-16-22(20)32)27(31(37)39-2)29(33)34(23)19-13-7-4-8-14-19/h3-16,21,24-25H,17,33H2,1-2H3/t21-,24+,25+/m0/s1. The molecule has 0 bridgehead atoms. The largest absolute Gasteiger partial charge is 0.468 e. The molecule has 0 fully saturated rings. The maximum atomic E-state index is 15.4. The van der Waals surface area contributed by atoms with Crippen LogP contribution in [-0.4, -0.2) is 31.9 Å². The van der Waals surface area contributed by atoms with Gasteiger partial charge in [0.1, 0.15) is 17.6 Å². The van der Waals surface area contributed by atoms with E-state index in [-0.39, 0.29) is 29.0 Å². The first-order valence-corrected chi connectivity index (χ1v) is 12.5. The zero-order chi connectivity index (χ0) is 27.7. The van der Waals surface area contributed by atoms with Crippen LogP contribution >= 0.6 is 0 Å². The third-order valence-electron chi connectivity index (χ3n) is 7.36. The Morgan fingerprint density at radius 1 is 0.897 bits per heavy atom. The van der Waals surface area contributed by atoms with Crippen LogP contribution in [0.2, 0.25) is 0 Å². The monoisotopic (exact) mass is 526 g/mol. The predicted molar refractivity (Wildman–Crippen MR) is 143 cm³/mol. The molecule has 0 aromatic heterocycles. The van der Waals surface area contributed by atoms with Crippen LogP contribution in [0.25, 0.3) is 0 Å². The molecule has 1 aliphatic carbocycles. The number of benzene rings is 3. The first-order chi connectivity index (χ1) is 18.9. The minimum atomic E-state index is -1.21. The summed E-state index contributed by atoms with van der Waals surface area (Å²) >= 11 is 0. The zero-order valence-electron chi connectivity index (χ0n) is 21.5. The Labute approximate surface area is 225 Å². The predicted octanol–water partition coefficient (Wildman–Crippen LogP) is 4.57. The highest BCUT2D eigenvalue weighted by Crippen LogP contribution is 2.51. The van der Waals surface area contributed by atoms with E-state index in [1.807, 2.05) is 36.4 Å². The molecule has 1 heterocycles. The molecule has 3 atom stereocenters. The van der Waals surface area contributed by atoms with E-state index in [9.17, 15) is 14.4 Å². The van der Waals surface area contributed by atoms with Crippen LogP contribution in [0.5, 0.6) is 0 Å². The lowest BCUT2D eigenvalue weighted by Gasteiger charge is -2.44. The molecule has 3 aromatic rings. The second-order valence-electron chi connectivity index (χ2n) is 9.36. The van der Waals surface area contributed by atoms with Gasteiger partial charge in [-0.15, -0.1) is 0 Å². The molecule has 1 aliphatic heterocycles. The summed E-state index contributed by atoms with van der Waals surface area (Å²) in [7, 11) is 2.42. The lowest BCUT2D eigenvalue weighted by Crippen LogP contribution is -2.46. The van der Waals surface area contributed by atoms with Crippen molar-refractivity contribution in [2.24, 2.45) is 11.7 Å². The molecule has 0 saturated heterocycles. The van der Waals surface area contributed by atoms with Crippen molar-refractivity contribution in [2.75, 3.05) is 19.1 Å². The van der Waals surface area contributed by atoms with Crippen molar-refractivity contribution in [1.82, 2.24) is 0 Å². The molecule has 2 aliphatic rings. The number of methoxy groups -OCH3 is 2. The van der Waals surface area contributed by atoms with E-state index >= 15 is 4.39 Å². The van der Waals surface area contributed by atoms with Gasteiger partial charge in [-0.1, -0.05) is 66.7 Å². The summed E-state index contributed by atoms with van der Waals surface area (Å²) in [5.74, 6) is -5.64. The van der Waals surface area contributed by atoms with Gasteiger partial charge in [0.05, 0.1) is 25.7 Å². The minimum Gasteiger partial charge on any atom is -0.468 e. The highest BCUT2D eigenvalue weighted by Gasteiger charge is 2.51. The maximum absolute atomic E-state index is 15.4. The van der Waals surface area contributed by atoms with E-state index in [2.05, 4.69) is 0 Å². The van der Waals surface area contributed by atoms with Crippen molar-refractivity contribution >= 4 is 23.4 Å². The van der Waals surface area contributed by atoms with Gasteiger partial charge < -0.3 is 15.2 Å². The molecule has 7 nitrogen and oxygen atoms in total. The number of esters is 2. The van der Waals surface area contributed by atoms with Crippen molar-refractivity contribution in [2.45, 2.75) is 18.3 Å². The fourth-order valence-corrected chi connectivity index (χ4v) is 5.64. The number of rotatable bonds is 5. The van der Waals surface area contributed by atoms with E-state index in [0.29, 0.717) is 11.4 Å². The van der Waals surface area contributed by atoms with Gasteiger partial charge >= 0.3 is 11.9 Å². The Morgan fingerprint density at radius 2 is 1.51 bits per heavy atom. The molecule has 0 amide bonds. The molecule has 0 spiro atoms. The van der Waals surface area contributed by atoms with Gasteiger partial charge in [-0.3, -0.25) is 14.5 Å². The number of nitrogens with two attached hydrogens (primary N) is 1. The number of ketones is 1. The highest BCUT2D eigenvalue weighted by atomic mass is 19.1. The number of carbonyl (C=O) groups excluding carboxylic acids is 3. The van der Waals surface area contributed by atoms with E-state index in [1.54, 1.807) is 35.2 Å². The summed E-state index contributed by atoms with van der Waals surface area (Å²) in [5.41, 5.74) is 8.68. The van der Waals surface area contributed by atoms with E-state index in [0.717, 1.165) is 5.56 Å². The van der Waals surface area contributed by atoms with Crippen LogP contribution in [0, 0.1) is 11.7 Å². The maximum Gasteiger partial charge on any atom is 0.338 e. The number of allylic oxidation sites excluding steroid dienone is 2. The molecular weight excluding hydrogens is 499 g/mol. The number of hydrogen-bond acceptors (Lipinski definition) is 7. The van der Waals surface area contributed by atoms with E-state index < -0.39 is 41.3 Å². The number of para-hydroxylation sites is 1. The number of hydrogen-bond donors (Lipinski definition) is 1. The quantitative estimate of drug-likeness (QED) is 0.384. The molecule has 8 heteroatoms. The molecule has 0 unspecified atom stereocenters. The Hall–Kier alpha value is -4.72. The Bertz CT molecular complexity index is 1500. The van der Waals surface area contributed by atoms with Gasteiger partial charge in [0.15, 0.2) is 5.78 Å². The number of ether oxygens (including phenoxy) is 2. The highest BCUT2D eigenvalue weighted by molar-refractivity contribution is 6.14. The summed E-state index contributed by atoms with van der Waals surface area (Å²) in [4.78, 5) is 42.5. The molecule has 2 N–H and O–H groups in total. The number of halogens is 1. The second-order valence-corrected chi connectivity index (χ2v) is 9.36. The molecule has 5 rings (SSSR count). The van der Waals surface area contributed by atoms with Gasteiger partial charge in [-0.25, -0.2) is 9.18 Å². The smallest absolute Gasteiger partial charge is 0.338 e. The van der Waals surface area contributed by atoms with Crippen molar-refractivity contribution in [3.8, 4) is 0 Å². The number of nitrogens with zero attached hydrogens (tertiary/aromatic N) is 1.